The number of rotatable bonds is 5. The maximum absolute atomic E-state index is 6.79. The minimum atomic E-state index is -0.120. The summed E-state index contributed by atoms with van der Waals surface area (Å²) in [6, 6.07) is 67.8. The van der Waals surface area contributed by atoms with E-state index in [9.17, 15) is 0 Å². The molecule has 1 heterocycles. The van der Waals surface area contributed by atoms with Crippen LogP contribution in [-0.4, -0.2) is 0 Å². The smallest absolute Gasteiger partial charge is 0.135 e. The Morgan fingerprint density at radius 1 is 0.358 bits per heavy atom. The molecule has 0 aromatic heterocycles. The first-order valence-corrected chi connectivity index (χ1v) is 18.3. The summed E-state index contributed by atoms with van der Waals surface area (Å²) in [6.45, 7) is 4.69. The van der Waals surface area contributed by atoms with Crippen molar-refractivity contribution in [3.05, 3.63) is 199 Å². The Morgan fingerprint density at radius 2 is 0.906 bits per heavy atom. The average molecular weight is 680 g/mol. The Kier molecular flexibility index (Phi) is 7.19. The normalized spacial score (nSPS) is 13.0. The Balaban J connectivity index is 1.18. The van der Waals surface area contributed by atoms with Gasteiger partial charge in [-0.05, 0) is 98.6 Å². The number of anilines is 3. The molecule has 0 saturated carbocycles. The molecular formula is C51H37NO. The highest BCUT2D eigenvalue weighted by atomic mass is 16.5. The molecule has 8 aromatic rings. The Morgan fingerprint density at radius 3 is 1.70 bits per heavy atom. The number of nitrogens with zero attached hydrogens (tertiary/aromatic N) is 1. The third-order valence-electron chi connectivity index (χ3n) is 11.1. The van der Waals surface area contributed by atoms with Gasteiger partial charge in [0.2, 0.25) is 0 Å². The van der Waals surface area contributed by atoms with Gasteiger partial charge in [0, 0.05) is 39.2 Å². The van der Waals surface area contributed by atoms with Crippen molar-refractivity contribution >= 4 is 17.1 Å². The number of hydrogen-bond acceptors (Lipinski definition) is 2. The van der Waals surface area contributed by atoms with Crippen LogP contribution < -0.4 is 9.64 Å². The van der Waals surface area contributed by atoms with Crippen molar-refractivity contribution in [1.29, 1.82) is 0 Å². The van der Waals surface area contributed by atoms with Crippen molar-refractivity contribution in [2.75, 3.05) is 4.90 Å². The SMILES string of the molecule is CC1(C)c2ccccc2-c2ccc(N(c3ccc(-c4ccccc4)cc3)c3ccc4c(c3)-c3cccc(-c5ccccc5)c3-c3ccccc3O4)cc21. The second-order valence-electron chi connectivity index (χ2n) is 14.5. The van der Waals surface area contributed by atoms with E-state index in [4.69, 9.17) is 4.74 Å². The van der Waals surface area contributed by atoms with E-state index in [0.29, 0.717) is 0 Å². The number of para-hydroxylation sites is 1. The van der Waals surface area contributed by atoms with Crippen LogP contribution in [0.2, 0.25) is 0 Å². The fraction of sp³-hybridized carbons (Fsp3) is 0.0588. The van der Waals surface area contributed by atoms with E-state index < -0.39 is 0 Å². The van der Waals surface area contributed by atoms with Crippen molar-refractivity contribution in [2.45, 2.75) is 19.3 Å². The van der Waals surface area contributed by atoms with Crippen LogP contribution in [0.15, 0.2) is 188 Å². The molecule has 252 valence electrons. The molecule has 53 heavy (non-hydrogen) atoms. The number of hydrogen-bond donors (Lipinski definition) is 0. The van der Waals surface area contributed by atoms with Crippen molar-refractivity contribution in [2.24, 2.45) is 0 Å². The maximum Gasteiger partial charge on any atom is 0.135 e. The van der Waals surface area contributed by atoms with Gasteiger partial charge in [-0.15, -0.1) is 0 Å². The van der Waals surface area contributed by atoms with Crippen LogP contribution in [0, 0.1) is 0 Å². The first-order valence-electron chi connectivity index (χ1n) is 18.3. The monoisotopic (exact) mass is 679 g/mol. The number of fused-ring (bicyclic) bond motifs is 8. The van der Waals surface area contributed by atoms with Gasteiger partial charge in [0.05, 0.1) is 0 Å². The predicted octanol–water partition coefficient (Wildman–Crippen LogP) is 14.2. The molecule has 2 nitrogen and oxygen atoms in total. The first kappa shape index (κ1) is 31.1. The summed E-state index contributed by atoms with van der Waals surface area (Å²) < 4.78 is 6.79. The third-order valence-corrected chi connectivity index (χ3v) is 11.1. The molecular weight excluding hydrogens is 643 g/mol. The van der Waals surface area contributed by atoms with Gasteiger partial charge >= 0.3 is 0 Å². The van der Waals surface area contributed by atoms with Gasteiger partial charge in [0.25, 0.3) is 0 Å². The molecule has 1 aliphatic carbocycles. The minimum Gasteiger partial charge on any atom is -0.456 e. The number of ether oxygens (including phenoxy) is 1. The van der Waals surface area contributed by atoms with Gasteiger partial charge in [-0.2, -0.15) is 0 Å². The summed E-state index contributed by atoms with van der Waals surface area (Å²) in [5.74, 6) is 1.70. The standard InChI is InChI=1S/C51H37NO/c1-51(2)46-22-11-9-18-41(46)42-30-28-39(33-47(42)51)52(37-26-24-35(25-27-37)34-14-5-3-6-15-34)38-29-31-49-45(32-38)43-21-13-20-40(36-16-7-4-8-17-36)50(43)44-19-10-12-23-48(44)53-49/h3-33H,1-2H3. The van der Waals surface area contributed by atoms with Crippen LogP contribution in [-0.2, 0) is 5.41 Å². The fourth-order valence-electron chi connectivity index (χ4n) is 8.47. The van der Waals surface area contributed by atoms with E-state index in [-0.39, 0.29) is 5.41 Å². The van der Waals surface area contributed by atoms with Crippen LogP contribution in [0.3, 0.4) is 0 Å². The van der Waals surface area contributed by atoms with Crippen LogP contribution >= 0.6 is 0 Å². The topological polar surface area (TPSA) is 12.5 Å². The molecule has 0 unspecified atom stereocenters. The van der Waals surface area contributed by atoms with Gasteiger partial charge in [-0.25, -0.2) is 0 Å². The first-order chi connectivity index (χ1) is 26.0. The second kappa shape index (κ2) is 12.3. The molecule has 2 heteroatoms. The molecule has 0 spiro atoms. The lowest BCUT2D eigenvalue weighted by Crippen LogP contribution is -2.16. The molecule has 0 N–H and O–H groups in total. The molecule has 0 radical (unpaired) electrons. The van der Waals surface area contributed by atoms with Gasteiger partial charge < -0.3 is 9.64 Å². The summed E-state index contributed by atoms with van der Waals surface area (Å²) in [7, 11) is 0. The highest BCUT2D eigenvalue weighted by Gasteiger charge is 2.36. The summed E-state index contributed by atoms with van der Waals surface area (Å²) >= 11 is 0. The van der Waals surface area contributed by atoms with Crippen molar-refractivity contribution < 1.29 is 4.74 Å². The largest absolute Gasteiger partial charge is 0.456 e. The van der Waals surface area contributed by atoms with Gasteiger partial charge in [0.15, 0.2) is 0 Å². The molecule has 0 amide bonds. The molecule has 0 saturated heterocycles. The van der Waals surface area contributed by atoms with Crippen LogP contribution in [0.25, 0.3) is 55.6 Å². The Hall–Kier alpha value is -6.64. The average Bonchev–Trinajstić information content (AvgIpc) is 3.34. The molecule has 0 fully saturated rings. The van der Waals surface area contributed by atoms with Gasteiger partial charge in [-0.1, -0.05) is 153 Å². The molecule has 10 rings (SSSR count). The van der Waals surface area contributed by atoms with Gasteiger partial charge in [0.1, 0.15) is 11.5 Å². The quantitative estimate of drug-likeness (QED) is 0.180. The Bertz CT molecular complexity index is 2660. The van der Waals surface area contributed by atoms with E-state index >= 15 is 0 Å². The zero-order valence-corrected chi connectivity index (χ0v) is 29.8. The minimum absolute atomic E-state index is 0.120. The highest BCUT2D eigenvalue weighted by molar-refractivity contribution is 6.00. The lowest BCUT2D eigenvalue weighted by atomic mass is 9.82. The van der Waals surface area contributed by atoms with E-state index in [1.807, 2.05) is 0 Å². The fourth-order valence-corrected chi connectivity index (χ4v) is 8.47. The Labute approximate surface area is 311 Å². The zero-order valence-electron chi connectivity index (χ0n) is 29.8. The lowest BCUT2D eigenvalue weighted by molar-refractivity contribution is 0.488. The maximum atomic E-state index is 6.79. The number of benzene rings is 8. The molecule has 0 atom stereocenters. The zero-order chi connectivity index (χ0) is 35.5. The molecule has 2 aliphatic rings. The molecule has 0 bridgehead atoms. The van der Waals surface area contributed by atoms with E-state index in [0.717, 1.165) is 45.3 Å². The van der Waals surface area contributed by atoms with E-state index in [2.05, 4.69) is 207 Å². The third kappa shape index (κ3) is 5.10. The van der Waals surface area contributed by atoms with Crippen LogP contribution in [0.1, 0.15) is 25.0 Å². The summed E-state index contributed by atoms with van der Waals surface area (Å²) in [4.78, 5) is 2.40. The van der Waals surface area contributed by atoms with E-state index in [1.165, 1.54) is 50.1 Å². The van der Waals surface area contributed by atoms with Crippen molar-refractivity contribution in [1.82, 2.24) is 0 Å². The summed E-state index contributed by atoms with van der Waals surface area (Å²) in [5, 5.41) is 0. The second-order valence-corrected chi connectivity index (χ2v) is 14.5. The van der Waals surface area contributed by atoms with Crippen molar-refractivity contribution in [3.8, 4) is 67.1 Å². The lowest BCUT2D eigenvalue weighted by Gasteiger charge is -2.29. The molecule has 8 aromatic carbocycles. The predicted molar refractivity (Wildman–Crippen MR) is 221 cm³/mol. The van der Waals surface area contributed by atoms with Crippen molar-refractivity contribution in [3.63, 3.8) is 0 Å². The van der Waals surface area contributed by atoms with Gasteiger partial charge in [-0.3, -0.25) is 0 Å². The van der Waals surface area contributed by atoms with E-state index in [1.54, 1.807) is 0 Å². The molecule has 1 aliphatic heterocycles. The summed E-state index contributed by atoms with van der Waals surface area (Å²) in [6.07, 6.45) is 0. The van der Waals surface area contributed by atoms with Crippen LogP contribution in [0.4, 0.5) is 17.1 Å². The summed E-state index contributed by atoms with van der Waals surface area (Å²) in [5.41, 5.74) is 17.8. The van der Waals surface area contributed by atoms with Crippen LogP contribution in [0.5, 0.6) is 11.5 Å². The highest BCUT2D eigenvalue weighted by Crippen LogP contribution is 2.53.